The first-order chi connectivity index (χ1) is 20.0. The van der Waals surface area contributed by atoms with Gasteiger partial charge in [0, 0.05) is 13.0 Å². The van der Waals surface area contributed by atoms with E-state index in [9.17, 15) is 19.5 Å². The Morgan fingerprint density at radius 2 is 1.73 bits per heavy atom. The monoisotopic (exact) mass is 560 g/mol. The Balaban J connectivity index is 1.69. The van der Waals surface area contributed by atoms with Gasteiger partial charge in [-0.1, -0.05) is 72.8 Å². The van der Waals surface area contributed by atoms with Gasteiger partial charge in [-0.3, -0.25) is 14.4 Å². The summed E-state index contributed by atoms with van der Waals surface area (Å²) in [5.74, 6) is -1.67. The number of aliphatic hydroxyl groups is 1. The molecule has 0 aromatic heterocycles. The lowest BCUT2D eigenvalue weighted by Crippen LogP contribution is -2.42. The Hall–Kier alpha value is -3.71. The summed E-state index contributed by atoms with van der Waals surface area (Å²) in [5, 5.41) is 12.7. The van der Waals surface area contributed by atoms with Gasteiger partial charge in [-0.15, -0.1) is 13.2 Å². The molecule has 41 heavy (non-hydrogen) atoms. The second kappa shape index (κ2) is 17.2. The number of rotatable bonds is 17. The zero-order valence-corrected chi connectivity index (χ0v) is 24.0. The van der Waals surface area contributed by atoms with Crippen LogP contribution in [-0.2, 0) is 25.5 Å². The summed E-state index contributed by atoms with van der Waals surface area (Å²) in [4.78, 5) is 41.5. The average Bonchev–Trinajstić information content (AvgIpc) is 3.48. The third-order valence-electron chi connectivity index (χ3n) is 7.68. The number of nitrogens with zero attached hydrogens (tertiary/aromatic N) is 1. The zero-order valence-electron chi connectivity index (χ0n) is 24.0. The van der Waals surface area contributed by atoms with Crippen molar-refractivity contribution in [1.82, 2.24) is 10.2 Å². The van der Waals surface area contributed by atoms with Crippen molar-refractivity contribution in [2.24, 2.45) is 11.8 Å². The van der Waals surface area contributed by atoms with E-state index in [1.54, 1.807) is 11.0 Å². The van der Waals surface area contributed by atoms with Crippen LogP contribution in [0.4, 0.5) is 0 Å². The van der Waals surface area contributed by atoms with Crippen LogP contribution < -0.4 is 5.32 Å². The normalized spacial score (nSPS) is 16.8. The van der Waals surface area contributed by atoms with Crippen molar-refractivity contribution in [3.8, 4) is 0 Å². The number of carbonyl (C=O) groups is 3. The summed E-state index contributed by atoms with van der Waals surface area (Å²) in [6, 6.07) is 18.5. The van der Waals surface area contributed by atoms with Crippen molar-refractivity contribution in [1.29, 1.82) is 0 Å². The highest BCUT2D eigenvalue weighted by molar-refractivity contribution is 5.86. The van der Waals surface area contributed by atoms with Gasteiger partial charge in [0.1, 0.15) is 6.61 Å². The molecule has 4 atom stereocenters. The summed E-state index contributed by atoms with van der Waals surface area (Å²) >= 11 is 0. The van der Waals surface area contributed by atoms with Gasteiger partial charge in [0.05, 0.1) is 30.5 Å². The van der Waals surface area contributed by atoms with Gasteiger partial charge in [-0.25, -0.2) is 0 Å². The summed E-state index contributed by atoms with van der Waals surface area (Å²) < 4.78 is 5.85. The summed E-state index contributed by atoms with van der Waals surface area (Å²) in [6.45, 7) is 8.06. The number of ether oxygens (including phenoxy) is 1. The summed E-state index contributed by atoms with van der Waals surface area (Å²) in [6.07, 6.45) is 8.37. The Morgan fingerprint density at radius 1 is 1.02 bits per heavy atom. The lowest BCUT2D eigenvalue weighted by Gasteiger charge is -2.27. The molecule has 220 valence electrons. The van der Waals surface area contributed by atoms with E-state index in [0.29, 0.717) is 25.8 Å². The number of allylic oxidation sites excluding steroid dienone is 2. The highest BCUT2D eigenvalue weighted by Crippen LogP contribution is 2.23. The molecule has 0 unspecified atom stereocenters. The van der Waals surface area contributed by atoms with E-state index < -0.39 is 12.0 Å². The third kappa shape index (κ3) is 10.0. The van der Waals surface area contributed by atoms with Crippen LogP contribution in [0, 0.1) is 11.8 Å². The van der Waals surface area contributed by atoms with Gasteiger partial charge in [0.25, 0.3) is 0 Å². The number of hydrogen-bond acceptors (Lipinski definition) is 5. The smallest absolute Gasteiger partial charge is 0.309 e. The fraction of sp³-hybridized carbons (Fsp3) is 0.441. The topological polar surface area (TPSA) is 95.9 Å². The van der Waals surface area contributed by atoms with Crippen molar-refractivity contribution in [3.05, 3.63) is 97.1 Å². The molecule has 7 nitrogen and oxygen atoms in total. The van der Waals surface area contributed by atoms with E-state index >= 15 is 0 Å². The second-order valence-electron chi connectivity index (χ2n) is 10.7. The van der Waals surface area contributed by atoms with Crippen LogP contribution in [-0.4, -0.2) is 53.6 Å². The molecule has 0 aliphatic carbocycles. The predicted octanol–water partition coefficient (Wildman–Crippen LogP) is 5.17. The lowest BCUT2D eigenvalue weighted by atomic mass is 9.94. The maximum Gasteiger partial charge on any atom is 0.309 e. The molecule has 1 fully saturated rings. The molecule has 2 aromatic rings. The molecule has 2 amide bonds. The van der Waals surface area contributed by atoms with Gasteiger partial charge in [0.15, 0.2) is 0 Å². The first-order valence-electron chi connectivity index (χ1n) is 14.6. The molecule has 2 aromatic carbocycles. The Bertz CT molecular complexity index is 1120. The number of esters is 1. The zero-order chi connectivity index (χ0) is 29.5. The average molecular weight is 561 g/mol. The van der Waals surface area contributed by atoms with E-state index in [0.717, 1.165) is 36.8 Å². The van der Waals surface area contributed by atoms with Crippen LogP contribution >= 0.6 is 0 Å². The number of unbranched alkanes of at least 4 members (excludes halogenated alkanes) is 1. The van der Waals surface area contributed by atoms with E-state index in [-0.39, 0.29) is 49.4 Å². The van der Waals surface area contributed by atoms with Crippen LogP contribution in [0.3, 0.4) is 0 Å². The number of carbonyl (C=O) groups excluding carboxylic acids is 3. The molecule has 1 saturated heterocycles. The van der Waals surface area contributed by atoms with Crippen LogP contribution in [0.25, 0.3) is 0 Å². The molecule has 2 N–H and O–H groups in total. The lowest BCUT2D eigenvalue weighted by molar-refractivity contribution is -0.150. The number of hydrogen-bond donors (Lipinski definition) is 2. The highest BCUT2D eigenvalue weighted by atomic mass is 16.5. The largest absolute Gasteiger partial charge is 0.463 e. The van der Waals surface area contributed by atoms with Crippen LogP contribution in [0.1, 0.15) is 62.1 Å². The third-order valence-corrected chi connectivity index (χ3v) is 7.68. The summed E-state index contributed by atoms with van der Waals surface area (Å²) in [7, 11) is 0. The van der Waals surface area contributed by atoms with Gasteiger partial charge in [-0.2, -0.15) is 0 Å². The van der Waals surface area contributed by atoms with Crippen LogP contribution in [0.15, 0.2) is 86.0 Å². The van der Waals surface area contributed by atoms with Gasteiger partial charge < -0.3 is 20.1 Å². The van der Waals surface area contributed by atoms with Crippen molar-refractivity contribution < 1.29 is 24.2 Å². The standard InChI is InChI=1S/C34H44N2O5/c1-3-5-8-19-29(22-26-15-9-6-10-16-26)34(40)41-25-31(27-17-11-7-12-18-27)35-33(39)28(14-4-2)23-32(38)36-21-13-20-30(36)24-37/h3-4,6-7,9-12,15-18,28-31,37H,1-2,5,8,13-14,19-25H2,(H,35,39)/t28-,29+,30-,31+/m0/s1. The Kier molecular flexibility index (Phi) is 13.3. The van der Waals surface area contributed by atoms with E-state index in [1.165, 1.54) is 0 Å². The van der Waals surface area contributed by atoms with E-state index in [2.05, 4.69) is 18.5 Å². The second-order valence-corrected chi connectivity index (χ2v) is 10.7. The molecular weight excluding hydrogens is 516 g/mol. The maximum atomic E-state index is 13.5. The number of amides is 2. The highest BCUT2D eigenvalue weighted by Gasteiger charge is 2.32. The minimum absolute atomic E-state index is 0.0190. The van der Waals surface area contributed by atoms with Crippen molar-refractivity contribution in [3.63, 3.8) is 0 Å². The van der Waals surface area contributed by atoms with Crippen molar-refractivity contribution >= 4 is 17.8 Å². The minimum atomic E-state index is -0.619. The predicted molar refractivity (Wildman–Crippen MR) is 161 cm³/mol. The van der Waals surface area contributed by atoms with Gasteiger partial charge in [0.2, 0.25) is 11.8 Å². The van der Waals surface area contributed by atoms with Crippen LogP contribution in [0.5, 0.6) is 0 Å². The SMILES string of the molecule is C=CCCC[C@H](Cc1ccccc1)C(=O)OC[C@@H](NC(=O)[C@@H](CC=C)CC(=O)N1CCC[C@H]1CO)c1ccccc1. The first kappa shape index (κ1) is 31.8. The Labute approximate surface area is 244 Å². The number of benzene rings is 2. The van der Waals surface area contributed by atoms with Gasteiger partial charge in [-0.05, 0) is 56.1 Å². The Morgan fingerprint density at radius 3 is 2.39 bits per heavy atom. The molecule has 0 bridgehead atoms. The fourth-order valence-corrected chi connectivity index (χ4v) is 5.36. The minimum Gasteiger partial charge on any atom is -0.463 e. The quantitative estimate of drug-likeness (QED) is 0.158. The molecule has 1 aliphatic heterocycles. The molecule has 1 heterocycles. The van der Waals surface area contributed by atoms with E-state index in [1.807, 2.05) is 66.7 Å². The summed E-state index contributed by atoms with van der Waals surface area (Å²) in [5.41, 5.74) is 1.88. The first-order valence-corrected chi connectivity index (χ1v) is 14.6. The van der Waals surface area contributed by atoms with E-state index in [4.69, 9.17) is 4.74 Å². The molecule has 3 rings (SSSR count). The van der Waals surface area contributed by atoms with Crippen molar-refractivity contribution in [2.45, 2.75) is 63.5 Å². The van der Waals surface area contributed by atoms with Crippen LogP contribution in [0.2, 0.25) is 0 Å². The molecule has 7 heteroatoms. The van der Waals surface area contributed by atoms with Gasteiger partial charge >= 0.3 is 5.97 Å². The molecular formula is C34H44N2O5. The maximum absolute atomic E-state index is 13.5. The fourth-order valence-electron chi connectivity index (χ4n) is 5.36. The van der Waals surface area contributed by atoms with Crippen molar-refractivity contribution in [2.75, 3.05) is 19.8 Å². The molecule has 0 spiro atoms. The number of nitrogens with one attached hydrogen (secondary N) is 1. The molecule has 1 aliphatic rings. The molecule has 0 saturated carbocycles. The number of aliphatic hydroxyl groups excluding tert-OH is 1. The number of likely N-dealkylation sites (tertiary alicyclic amines) is 1. The molecule has 0 radical (unpaired) electrons.